The lowest BCUT2D eigenvalue weighted by Gasteiger charge is -2.61. The first-order chi connectivity index (χ1) is 56.0. The van der Waals surface area contributed by atoms with Crippen LogP contribution in [0.25, 0.3) is 0 Å². The third kappa shape index (κ3) is 20.1. The van der Waals surface area contributed by atoms with Gasteiger partial charge >= 0.3 is 15.6 Å². The fourth-order valence-corrected chi connectivity index (χ4v) is 29.2. The second-order valence-electron chi connectivity index (χ2n) is 41.4. The number of phosphoric ester groups is 2. The number of rotatable bonds is 19. The van der Waals surface area contributed by atoms with Gasteiger partial charge in [-0.3, -0.25) is 24.1 Å². The Morgan fingerprint density at radius 3 is 1.03 bits per heavy atom. The predicted molar refractivity (Wildman–Crippen MR) is 483 cm³/mol. The molecule has 0 heterocycles. The number of benzene rings is 7. The number of fused-ring (bicyclic) bond motifs is 15. The fraction of sp³-hybridized carbons (Fsp3) is 0.588. The van der Waals surface area contributed by atoms with E-state index >= 15 is 0 Å². The second kappa shape index (κ2) is 36.6. The van der Waals surface area contributed by atoms with Crippen LogP contribution in [-0.4, -0.2) is 43.5 Å². The molecule has 7 aromatic carbocycles. The van der Waals surface area contributed by atoms with Crippen molar-refractivity contribution in [1.82, 2.24) is 4.67 Å². The highest BCUT2D eigenvalue weighted by Gasteiger charge is 2.65. The maximum atomic E-state index is 14.1. The molecule has 0 saturated heterocycles. The van der Waals surface area contributed by atoms with Crippen molar-refractivity contribution in [2.24, 2.45) is 68.0 Å². The monoisotopic (exact) mass is 1680 g/mol. The summed E-state index contributed by atoms with van der Waals surface area (Å²) in [6.07, 6.45) is 22.9. The first-order valence-corrected chi connectivity index (χ1v) is 48.8. The average molecular weight is 1690 g/mol. The summed E-state index contributed by atoms with van der Waals surface area (Å²) in [4.78, 5) is 22.4. The number of phosphoric acid groups is 2. The van der Waals surface area contributed by atoms with Gasteiger partial charge in [0.2, 0.25) is 0 Å². The summed E-state index contributed by atoms with van der Waals surface area (Å²) >= 11 is 0. The molecule has 6 saturated carbocycles. The molecule has 17 heteroatoms. The molecule has 0 aromatic heterocycles. The number of phenols is 1. The van der Waals surface area contributed by atoms with Gasteiger partial charge in [0, 0.05) is 13.1 Å². The molecule has 7 aromatic rings. The molecule has 12 atom stereocenters. The van der Waals surface area contributed by atoms with E-state index < -0.39 is 29.8 Å². The minimum Gasteiger partial charge on any atom is -0.508 e. The smallest absolute Gasteiger partial charge is 0.508 e. The van der Waals surface area contributed by atoms with Crippen molar-refractivity contribution < 1.29 is 61.3 Å². The quantitative estimate of drug-likeness (QED) is 0.0341. The lowest BCUT2D eigenvalue weighted by molar-refractivity contribution is -0.306. The molecule has 16 rings (SSSR count). The van der Waals surface area contributed by atoms with Crippen molar-refractivity contribution in [3.8, 4) is 17.2 Å². The maximum Gasteiger partial charge on any atom is 0.530 e. The average Bonchev–Trinajstić information content (AvgIpc) is 1.48. The Hall–Kier alpha value is -5.53. The Kier molecular flexibility index (Phi) is 28.5. The van der Waals surface area contributed by atoms with Crippen molar-refractivity contribution >= 4 is 24.2 Å². The summed E-state index contributed by atoms with van der Waals surface area (Å²) in [5.74, 6) is 5.60. The molecule has 14 nitrogen and oxygen atoms in total. The number of phenolic OH excluding ortho intramolecular Hbond substituents is 1. The molecular formula is C102H144NO13P3. The van der Waals surface area contributed by atoms with Crippen LogP contribution in [0.3, 0.4) is 0 Å². The van der Waals surface area contributed by atoms with E-state index in [1.54, 1.807) is 26.3 Å². The molecule has 9 aliphatic rings. The zero-order valence-electron chi connectivity index (χ0n) is 75.7. The van der Waals surface area contributed by atoms with Crippen molar-refractivity contribution in [2.75, 3.05) is 13.1 Å². The molecule has 0 bridgehead atoms. The summed E-state index contributed by atoms with van der Waals surface area (Å²) in [5, 5.41) is 18.0. The zero-order valence-corrected chi connectivity index (χ0v) is 78.4. The normalized spacial score (nSPS) is 28.9. The van der Waals surface area contributed by atoms with Crippen LogP contribution in [0.15, 0.2) is 158 Å². The Balaban J connectivity index is 0.000000147. The number of hydrogen-bond acceptors (Lipinski definition) is 12. The van der Waals surface area contributed by atoms with E-state index in [0.29, 0.717) is 80.2 Å². The van der Waals surface area contributed by atoms with Crippen LogP contribution < -0.4 is 9.05 Å². The second-order valence-corrected chi connectivity index (χ2v) is 45.7. The maximum absolute atomic E-state index is 14.1. The van der Waals surface area contributed by atoms with E-state index in [4.69, 9.17) is 32.4 Å². The van der Waals surface area contributed by atoms with Gasteiger partial charge in [-0.2, -0.15) is 0 Å². The van der Waals surface area contributed by atoms with E-state index in [1.807, 2.05) is 115 Å². The fourth-order valence-electron chi connectivity index (χ4n) is 26.3. The third-order valence-corrected chi connectivity index (χ3v) is 34.6. The summed E-state index contributed by atoms with van der Waals surface area (Å²) in [5.41, 5.74) is 18.9. The van der Waals surface area contributed by atoms with E-state index in [1.165, 1.54) is 153 Å². The van der Waals surface area contributed by atoms with Crippen LogP contribution in [-0.2, 0) is 94.0 Å². The minimum atomic E-state index is -4.54. The third-order valence-electron chi connectivity index (χ3n) is 31.1. The molecule has 0 unspecified atom stereocenters. The summed E-state index contributed by atoms with van der Waals surface area (Å²) in [6.45, 7) is 49.5. The van der Waals surface area contributed by atoms with E-state index in [0.717, 1.165) is 66.3 Å². The zero-order chi connectivity index (χ0) is 86.2. The van der Waals surface area contributed by atoms with E-state index in [2.05, 4.69) is 170 Å². The molecule has 0 amide bonds. The molecule has 119 heavy (non-hydrogen) atoms. The van der Waals surface area contributed by atoms with Crippen molar-refractivity contribution in [3.63, 3.8) is 0 Å². The number of aromatic hydroxyl groups is 1. The highest BCUT2D eigenvalue weighted by Crippen LogP contribution is 2.72. The molecule has 4 N–H and O–H groups in total. The van der Waals surface area contributed by atoms with Crippen LogP contribution in [0, 0.1) is 88.8 Å². The standard InChI is InChI=1S/C36H45O4P.C22H33O4P.C22H32O.C18H24NO2P.C4H10O2/c1-26-21-30(40-41(37,38-24-27-13-8-6-9-14-27)39-25-28-15-10-7-11-16-28)22-29-23-32-35(4)19-12-18-34(2,3)31(35)17-20-36(32,5)33(26)29;1-14-11-16(26-27(23,24)25)12-15-13-18-21(4)9-6-8-20(2,3)17(21)7-10-22(18,5)19(14)15;1-14-11-16(23)12-15-13-18-21(4)9-6-8-20(2,3)17(21)7-10-22(18,5)19(14)15;1-3-19(4-2)22(20-15-17-11-7-5-8-12-17)21-16-18-13-9-6-10-14-18;1-4(2,3)6-5/h6-11,13-16,21-22,31-32H,12,17-20,23-25H2,1-5H3;11-12,17-18H,6-10,13H2,1-5H3,(H2,23,24,25);11-12,17-18,23H,6-10,13H2,1-5H3;5-14H,3-4,15-16H2,1-2H3;5H,1-3H3/t31-,32+,35-,36+;2*17-,18+,21-,22+;;/m000../s1. The van der Waals surface area contributed by atoms with Gasteiger partial charge in [0.25, 0.3) is 8.53 Å². The predicted octanol–water partition coefficient (Wildman–Crippen LogP) is 27.5. The summed E-state index contributed by atoms with van der Waals surface area (Å²) in [6, 6.07) is 51.8. The summed E-state index contributed by atoms with van der Waals surface area (Å²) in [7, 11) is -9.49. The Labute approximate surface area is 716 Å². The van der Waals surface area contributed by atoms with Crippen LogP contribution in [0.2, 0.25) is 0 Å². The van der Waals surface area contributed by atoms with Gasteiger partial charge in [-0.25, -0.2) is 18.7 Å². The topological polar surface area (TPSA) is 183 Å². The van der Waals surface area contributed by atoms with Gasteiger partial charge < -0.3 is 23.2 Å². The van der Waals surface area contributed by atoms with Crippen molar-refractivity contribution in [1.29, 1.82) is 0 Å². The minimum absolute atomic E-state index is 0.145. The van der Waals surface area contributed by atoms with Crippen LogP contribution in [0.4, 0.5) is 0 Å². The number of nitrogens with zero attached hydrogens (tertiary/aromatic N) is 1. The van der Waals surface area contributed by atoms with Crippen molar-refractivity contribution in [2.45, 2.75) is 302 Å². The molecule has 650 valence electrons. The van der Waals surface area contributed by atoms with Crippen LogP contribution in [0.1, 0.15) is 286 Å². The largest absolute Gasteiger partial charge is 0.530 e. The first kappa shape index (κ1) is 92.6. The number of hydrogen-bond donors (Lipinski definition) is 4. The molecule has 0 aliphatic heterocycles. The van der Waals surface area contributed by atoms with Gasteiger partial charge in [0.05, 0.1) is 32.0 Å². The molecule has 0 radical (unpaired) electrons. The van der Waals surface area contributed by atoms with Crippen molar-refractivity contribution in [3.05, 3.63) is 230 Å². The molecule has 9 aliphatic carbocycles. The Morgan fingerprint density at radius 2 is 0.723 bits per heavy atom. The van der Waals surface area contributed by atoms with Gasteiger partial charge in [-0.1, -0.05) is 238 Å². The number of aryl methyl sites for hydroxylation is 3. The molecule has 6 fully saturated rings. The van der Waals surface area contributed by atoms with Gasteiger partial charge in [0.15, 0.2) is 0 Å². The summed E-state index contributed by atoms with van der Waals surface area (Å²) < 4.78 is 62.8. The molecular weight excluding hydrogens is 1540 g/mol. The van der Waals surface area contributed by atoms with Gasteiger partial charge in [-0.15, -0.1) is 0 Å². The highest BCUT2D eigenvalue weighted by atomic mass is 31.2. The van der Waals surface area contributed by atoms with Gasteiger partial charge in [0.1, 0.15) is 17.2 Å². The van der Waals surface area contributed by atoms with E-state index in [-0.39, 0.29) is 24.0 Å². The highest BCUT2D eigenvalue weighted by molar-refractivity contribution is 7.49. The van der Waals surface area contributed by atoms with Gasteiger partial charge in [-0.05, 0) is 331 Å². The van der Waals surface area contributed by atoms with Crippen LogP contribution in [0.5, 0.6) is 17.2 Å². The SMILES string of the molecule is CC(C)(C)OO.CCN(CC)P(OCc1ccccc1)OCc1ccccc1.Cc1cc(O)cc2c1[C@]1(C)CC[C@H]3C(C)(C)CCC[C@]3(C)[C@H]1C2.Cc1cc(OP(=O)(O)O)cc2c1[C@]1(C)CC[C@H]3C(C)(C)CCC[C@]3(C)[C@H]1C2.Cc1cc(OP(=O)(OCc2ccccc2)OCc2ccccc2)cc2c1[C@]1(C)CC[C@H]3C(C)(C)CCC[C@]3(C)[C@H]1C2. The Morgan fingerprint density at radius 1 is 0.420 bits per heavy atom. The molecule has 0 spiro atoms. The lowest BCUT2D eigenvalue weighted by Crippen LogP contribution is -2.55. The van der Waals surface area contributed by atoms with E-state index in [9.17, 15) is 24.0 Å². The lowest BCUT2D eigenvalue weighted by atomic mass is 9.43. The van der Waals surface area contributed by atoms with Crippen LogP contribution >= 0.6 is 24.2 Å². The first-order valence-electron chi connectivity index (χ1n) is 44.7. The Bertz CT molecular complexity index is 4590.